The van der Waals surface area contributed by atoms with Crippen LogP contribution in [0.25, 0.3) is 0 Å². The Hall–Kier alpha value is 0.137. The van der Waals surface area contributed by atoms with Crippen molar-refractivity contribution in [3.05, 3.63) is 0 Å². The summed E-state index contributed by atoms with van der Waals surface area (Å²) in [6.07, 6.45) is 6.03. The highest BCUT2D eigenvalue weighted by atomic mass is 28.3. The standard InChI is InChI=1S/C17H34O2Si/c1-15(2,3)14-8-10-17(11-9-14)12-16(4,18-19-17)13-20(5,6)7/h14H,8-13H2,1-7H3. The first kappa shape index (κ1) is 16.5. The Bertz CT molecular complexity index is 345. The van der Waals surface area contributed by atoms with Crippen LogP contribution in [0.5, 0.6) is 0 Å². The fraction of sp³-hybridized carbons (Fsp3) is 1.00. The zero-order valence-corrected chi connectivity index (χ0v) is 15.6. The maximum Gasteiger partial charge on any atom is 0.106 e. The minimum absolute atomic E-state index is 0.0240. The van der Waals surface area contributed by atoms with Crippen LogP contribution in [-0.2, 0) is 9.78 Å². The van der Waals surface area contributed by atoms with Crippen molar-refractivity contribution in [2.45, 2.75) is 96.7 Å². The third-order valence-corrected chi connectivity index (χ3v) is 6.95. The molecular formula is C17H34O2Si. The lowest BCUT2D eigenvalue weighted by Gasteiger charge is -2.40. The third-order valence-electron chi connectivity index (χ3n) is 5.14. The van der Waals surface area contributed by atoms with E-state index in [1.54, 1.807) is 0 Å². The molecule has 0 N–H and O–H groups in total. The molecule has 1 atom stereocenters. The van der Waals surface area contributed by atoms with Crippen molar-refractivity contribution >= 4 is 8.07 Å². The Morgan fingerprint density at radius 3 is 2.05 bits per heavy atom. The number of hydrogen-bond acceptors (Lipinski definition) is 2. The Labute approximate surface area is 126 Å². The second kappa shape index (κ2) is 5.10. The fourth-order valence-electron chi connectivity index (χ4n) is 4.41. The van der Waals surface area contributed by atoms with Gasteiger partial charge in [-0.3, -0.25) is 0 Å². The van der Waals surface area contributed by atoms with Crippen molar-refractivity contribution in [1.29, 1.82) is 0 Å². The van der Waals surface area contributed by atoms with Crippen molar-refractivity contribution < 1.29 is 9.78 Å². The van der Waals surface area contributed by atoms with Crippen LogP contribution in [0.1, 0.15) is 59.8 Å². The average Bonchev–Trinajstić information content (AvgIpc) is 2.52. The van der Waals surface area contributed by atoms with Crippen LogP contribution in [0.4, 0.5) is 0 Å². The van der Waals surface area contributed by atoms with E-state index in [2.05, 4.69) is 47.3 Å². The molecule has 2 aliphatic rings. The third kappa shape index (κ3) is 3.86. The van der Waals surface area contributed by atoms with Gasteiger partial charge in [-0.25, -0.2) is 9.78 Å². The van der Waals surface area contributed by atoms with E-state index in [-0.39, 0.29) is 11.2 Å². The Morgan fingerprint density at radius 1 is 1.05 bits per heavy atom. The summed E-state index contributed by atoms with van der Waals surface area (Å²) in [5.74, 6) is 0.834. The second-order valence-electron chi connectivity index (χ2n) is 9.85. The molecule has 20 heavy (non-hydrogen) atoms. The Kier molecular flexibility index (Phi) is 4.21. The summed E-state index contributed by atoms with van der Waals surface area (Å²) in [6, 6.07) is 1.20. The van der Waals surface area contributed by atoms with Crippen LogP contribution in [0, 0.1) is 11.3 Å². The topological polar surface area (TPSA) is 18.5 Å². The van der Waals surface area contributed by atoms with Crippen molar-refractivity contribution in [1.82, 2.24) is 0 Å². The van der Waals surface area contributed by atoms with Gasteiger partial charge in [0.15, 0.2) is 0 Å². The molecule has 1 aliphatic heterocycles. The summed E-state index contributed by atoms with van der Waals surface area (Å²) in [4.78, 5) is 11.8. The van der Waals surface area contributed by atoms with E-state index < -0.39 is 8.07 Å². The van der Waals surface area contributed by atoms with Gasteiger partial charge in [0.1, 0.15) is 11.2 Å². The first-order valence-electron chi connectivity index (χ1n) is 8.30. The molecule has 0 aromatic heterocycles. The molecule has 1 unspecified atom stereocenters. The van der Waals surface area contributed by atoms with Crippen LogP contribution < -0.4 is 0 Å². The number of rotatable bonds is 2. The van der Waals surface area contributed by atoms with E-state index in [4.69, 9.17) is 9.78 Å². The molecule has 0 radical (unpaired) electrons. The average molecular weight is 299 g/mol. The van der Waals surface area contributed by atoms with Crippen molar-refractivity contribution in [2.75, 3.05) is 0 Å². The summed E-state index contributed by atoms with van der Waals surface area (Å²) >= 11 is 0. The van der Waals surface area contributed by atoms with Crippen LogP contribution in [0.3, 0.4) is 0 Å². The van der Waals surface area contributed by atoms with Gasteiger partial charge in [0.25, 0.3) is 0 Å². The molecule has 1 saturated heterocycles. The predicted molar refractivity (Wildman–Crippen MR) is 87.5 cm³/mol. The van der Waals surface area contributed by atoms with Crippen LogP contribution in [-0.4, -0.2) is 19.3 Å². The lowest BCUT2D eigenvalue weighted by molar-refractivity contribution is -0.349. The molecule has 0 aromatic carbocycles. The quantitative estimate of drug-likeness (QED) is 0.501. The van der Waals surface area contributed by atoms with E-state index >= 15 is 0 Å². The van der Waals surface area contributed by atoms with Crippen LogP contribution in [0.15, 0.2) is 0 Å². The summed E-state index contributed by atoms with van der Waals surface area (Å²) < 4.78 is 0. The zero-order chi connectivity index (χ0) is 15.2. The minimum atomic E-state index is -1.12. The van der Waals surface area contributed by atoms with Gasteiger partial charge in [-0.15, -0.1) is 0 Å². The summed E-state index contributed by atoms with van der Waals surface area (Å²) in [7, 11) is -1.12. The smallest absolute Gasteiger partial charge is 0.106 e. The first-order chi connectivity index (χ1) is 8.93. The molecule has 0 amide bonds. The molecule has 2 rings (SSSR count). The van der Waals surface area contributed by atoms with E-state index in [9.17, 15) is 0 Å². The molecule has 0 bridgehead atoms. The van der Waals surface area contributed by atoms with E-state index in [0.29, 0.717) is 5.41 Å². The van der Waals surface area contributed by atoms with Crippen LogP contribution >= 0.6 is 0 Å². The molecule has 3 heteroatoms. The van der Waals surface area contributed by atoms with E-state index in [1.807, 2.05) is 0 Å². The lowest BCUT2D eigenvalue weighted by atomic mass is 9.67. The molecule has 0 aromatic rings. The summed E-state index contributed by atoms with van der Waals surface area (Å²) in [5, 5.41) is 0. The number of hydrogen-bond donors (Lipinski definition) is 0. The van der Waals surface area contributed by atoms with Crippen LogP contribution in [0.2, 0.25) is 25.7 Å². The van der Waals surface area contributed by atoms with Gasteiger partial charge in [0.2, 0.25) is 0 Å². The van der Waals surface area contributed by atoms with E-state index in [1.165, 1.54) is 31.7 Å². The van der Waals surface area contributed by atoms with Gasteiger partial charge in [-0.1, -0.05) is 40.4 Å². The summed E-state index contributed by atoms with van der Waals surface area (Å²) in [5.41, 5.74) is 0.415. The van der Waals surface area contributed by atoms with Gasteiger partial charge >= 0.3 is 0 Å². The summed E-state index contributed by atoms with van der Waals surface area (Å²) in [6.45, 7) is 16.6. The van der Waals surface area contributed by atoms with Gasteiger partial charge in [-0.2, -0.15) is 0 Å². The molecule has 1 spiro atoms. The molecule has 1 aliphatic carbocycles. The predicted octanol–water partition coefficient (Wildman–Crippen LogP) is 5.41. The van der Waals surface area contributed by atoms with Crippen molar-refractivity contribution in [3.8, 4) is 0 Å². The normalized spacial score (nSPS) is 39.5. The van der Waals surface area contributed by atoms with Crippen molar-refractivity contribution in [2.24, 2.45) is 11.3 Å². The Morgan fingerprint density at radius 2 is 1.60 bits per heavy atom. The molecule has 2 fully saturated rings. The second-order valence-corrected chi connectivity index (χ2v) is 15.3. The largest absolute Gasteiger partial charge is 0.230 e. The first-order valence-corrected chi connectivity index (χ1v) is 12.0. The zero-order valence-electron chi connectivity index (χ0n) is 14.6. The maximum absolute atomic E-state index is 5.93. The highest BCUT2D eigenvalue weighted by Gasteiger charge is 2.52. The Balaban J connectivity index is 1.96. The molecular weight excluding hydrogens is 264 g/mol. The highest BCUT2D eigenvalue weighted by molar-refractivity contribution is 6.76. The monoisotopic (exact) mass is 298 g/mol. The lowest BCUT2D eigenvalue weighted by Crippen LogP contribution is -2.40. The van der Waals surface area contributed by atoms with Gasteiger partial charge in [-0.05, 0) is 50.0 Å². The van der Waals surface area contributed by atoms with Gasteiger partial charge in [0.05, 0.1) is 0 Å². The fourth-order valence-corrected chi connectivity index (χ4v) is 6.84. The molecule has 2 nitrogen and oxygen atoms in total. The molecule has 1 heterocycles. The molecule has 1 saturated carbocycles. The maximum atomic E-state index is 5.93. The SMILES string of the molecule is CC1(C[Si](C)(C)C)CC2(CCC(C(C)(C)C)CC2)OO1. The highest BCUT2D eigenvalue weighted by Crippen LogP contribution is 2.51. The van der Waals surface area contributed by atoms with Crippen molar-refractivity contribution in [3.63, 3.8) is 0 Å². The van der Waals surface area contributed by atoms with E-state index in [0.717, 1.165) is 12.3 Å². The van der Waals surface area contributed by atoms with Gasteiger partial charge in [0, 0.05) is 14.5 Å². The minimum Gasteiger partial charge on any atom is -0.230 e. The molecule has 118 valence electrons. The van der Waals surface area contributed by atoms with Gasteiger partial charge < -0.3 is 0 Å².